The molecule has 156 valence electrons. The van der Waals surface area contributed by atoms with Gasteiger partial charge in [0, 0.05) is 10.2 Å². The Morgan fingerprint density at radius 2 is 1.63 bits per heavy atom. The number of amides is 2. The van der Waals surface area contributed by atoms with Crippen molar-refractivity contribution in [1.82, 2.24) is 5.32 Å². The van der Waals surface area contributed by atoms with Gasteiger partial charge < -0.3 is 10.6 Å². The van der Waals surface area contributed by atoms with Crippen LogP contribution in [0.5, 0.6) is 0 Å². The molecule has 6 heteroatoms. The van der Waals surface area contributed by atoms with Gasteiger partial charge in [0.1, 0.15) is 5.54 Å². The average Bonchev–Trinajstić information content (AvgIpc) is 2.98. The van der Waals surface area contributed by atoms with Gasteiger partial charge in [-0.15, -0.1) is 0 Å². The van der Waals surface area contributed by atoms with Gasteiger partial charge in [-0.25, -0.2) is 0 Å². The molecule has 2 unspecified atom stereocenters. The predicted molar refractivity (Wildman–Crippen MR) is 119 cm³/mol. The zero-order chi connectivity index (χ0) is 21.3. The molecule has 30 heavy (non-hydrogen) atoms. The molecule has 2 aromatic rings. The van der Waals surface area contributed by atoms with Crippen LogP contribution in [0.15, 0.2) is 53.0 Å². The Labute approximate surface area is 184 Å². The van der Waals surface area contributed by atoms with Crippen LogP contribution in [0.3, 0.4) is 0 Å². The molecule has 4 rings (SSSR count). The lowest BCUT2D eigenvalue weighted by atomic mass is 9.84. The largest absolute Gasteiger partial charge is 0.339 e. The van der Waals surface area contributed by atoms with Gasteiger partial charge in [0.2, 0.25) is 11.8 Å². The highest BCUT2D eigenvalue weighted by Crippen LogP contribution is 2.34. The van der Waals surface area contributed by atoms with Crippen molar-refractivity contribution in [2.24, 2.45) is 5.92 Å². The first-order valence-corrected chi connectivity index (χ1v) is 11.2. The Kier molecular flexibility index (Phi) is 5.78. The summed E-state index contributed by atoms with van der Waals surface area (Å²) in [6.07, 6.45) is 6.24. The van der Waals surface area contributed by atoms with Gasteiger partial charge in [0.25, 0.3) is 0 Å². The topological polar surface area (TPSA) is 75.3 Å². The minimum atomic E-state index is -1.36. The summed E-state index contributed by atoms with van der Waals surface area (Å²) in [6.45, 7) is 1.64. The van der Waals surface area contributed by atoms with E-state index in [9.17, 15) is 14.4 Å². The zero-order valence-corrected chi connectivity index (χ0v) is 18.5. The van der Waals surface area contributed by atoms with E-state index >= 15 is 0 Å². The molecule has 0 bridgehead atoms. The van der Waals surface area contributed by atoms with Crippen molar-refractivity contribution in [1.29, 1.82) is 0 Å². The smallest absolute Gasteiger partial charge is 0.244 e. The van der Waals surface area contributed by atoms with E-state index < -0.39 is 29.1 Å². The van der Waals surface area contributed by atoms with Crippen LogP contribution in [0.4, 0.5) is 5.69 Å². The molecule has 2 amide bonds. The number of carbonyl (C=O) groups excluding carboxylic acids is 3. The summed E-state index contributed by atoms with van der Waals surface area (Å²) < 4.78 is 0.873. The first-order valence-electron chi connectivity index (χ1n) is 10.4. The van der Waals surface area contributed by atoms with E-state index in [0.29, 0.717) is 17.2 Å². The number of anilines is 1. The number of Topliss-reactive ketones (excluding diaryl/α,β-unsaturated/α-hetero) is 1. The Bertz CT molecular complexity index is 965. The Morgan fingerprint density at radius 1 is 1.00 bits per heavy atom. The normalized spacial score (nSPS) is 24.5. The fourth-order valence-corrected chi connectivity index (χ4v) is 4.78. The molecular formula is C24H25BrN2O3. The third kappa shape index (κ3) is 3.93. The van der Waals surface area contributed by atoms with Gasteiger partial charge in [-0.2, -0.15) is 0 Å². The monoisotopic (exact) mass is 468 g/mol. The van der Waals surface area contributed by atoms with E-state index in [1.54, 1.807) is 31.2 Å². The van der Waals surface area contributed by atoms with Crippen LogP contribution in [0, 0.1) is 5.92 Å². The van der Waals surface area contributed by atoms with Crippen LogP contribution in [-0.2, 0) is 19.9 Å². The molecular weight excluding hydrogens is 444 g/mol. The van der Waals surface area contributed by atoms with Gasteiger partial charge in [0.15, 0.2) is 11.7 Å². The molecule has 2 aromatic carbocycles. The molecule has 1 heterocycles. The number of benzene rings is 2. The Hall–Kier alpha value is -2.47. The highest BCUT2D eigenvalue weighted by atomic mass is 79.9. The molecule has 2 aliphatic rings. The molecule has 1 saturated carbocycles. The van der Waals surface area contributed by atoms with Crippen LogP contribution < -0.4 is 10.6 Å². The van der Waals surface area contributed by atoms with E-state index in [2.05, 4.69) is 26.6 Å². The van der Waals surface area contributed by atoms with Crippen LogP contribution >= 0.6 is 15.9 Å². The molecule has 0 radical (unpaired) electrons. The van der Waals surface area contributed by atoms with Crippen LogP contribution in [0.1, 0.15) is 56.1 Å². The van der Waals surface area contributed by atoms with Gasteiger partial charge in [0.05, 0.1) is 0 Å². The summed E-state index contributed by atoms with van der Waals surface area (Å²) in [4.78, 5) is 38.4. The second-order valence-electron chi connectivity index (χ2n) is 8.36. The van der Waals surface area contributed by atoms with Gasteiger partial charge in [-0.3, -0.25) is 14.4 Å². The number of hydrogen-bond donors (Lipinski definition) is 2. The molecule has 5 nitrogen and oxygen atoms in total. The summed E-state index contributed by atoms with van der Waals surface area (Å²) in [5.41, 5.74) is 1.31. The van der Waals surface area contributed by atoms with Crippen LogP contribution in [0.25, 0.3) is 0 Å². The maximum Gasteiger partial charge on any atom is 0.244 e. The quantitative estimate of drug-likeness (QED) is 0.640. The van der Waals surface area contributed by atoms with Crippen molar-refractivity contribution in [3.63, 3.8) is 0 Å². The first-order chi connectivity index (χ1) is 14.4. The number of hydrogen-bond acceptors (Lipinski definition) is 3. The fraction of sp³-hybridized carbons (Fsp3) is 0.375. The molecule has 0 aromatic heterocycles. The van der Waals surface area contributed by atoms with Crippen molar-refractivity contribution in [2.75, 3.05) is 5.32 Å². The summed E-state index contributed by atoms with van der Waals surface area (Å²) in [5.74, 6) is -2.38. The predicted octanol–water partition coefficient (Wildman–Crippen LogP) is 4.67. The highest BCUT2D eigenvalue weighted by molar-refractivity contribution is 9.10. The van der Waals surface area contributed by atoms with E-state index in [4.69, 9.17) is 0 Å². The molecule has 1 aliphatic heterocycles. The molecule has 0 spiro atoms. The minimum Gasteiger partial charge on any atom is -0.339 e. The number of rotatable bonds is 4. The van der Waals surface area contributed by atoms with Crippen molar-refractivity contribution in [2.45, 2.75) is 50.5 Å². The molecule has 2 fully saturated rings. The van der Waals surface area contributed by atoms with Gasteiger partial charge in [-0.1, -0.05) is 59.5 Å². The molecule has 1 saturated heterocycles. The zero-order valence-electron chi connectivity index (χ0n) is 16.9. The van der Waals surface area contributed by atoms with Crippen molar-refractivity contribution >= 4 is 39.2 Å². The number of ketones is 1. The standard InChI is InChI=1S/C24H25BrN2O3/c1-24(17-9-11-18(25)12-10-17)21(28)20(23(30)27-24)22(29)26-19-13-7-16(8-14-19)15-5-3-2-4-6-15/h7-15,20H,2-6H2,1H3,(H,26,29)(H,27,30). The lowest BCUT2D eigenvalue weighted by molar-refractivity contribution is -0.135. The van der Waals surface area contributed by atoms with Crippen molar-refractivity contribution in [3.8, 4) is 0 Å². The van der Waals surface area contributed by atoms with E-state index in [-0.39, 0.29) is 0 Å². The third-order valence-corrected chi connectivity index (χ3v) is 6.86. The number of carbonyl (C=O) groups is 3. The summed E-state index contributed by atoms with van der Waals surface area (Å²) in [5, 5.41) is 5.47. The summed E-state index contributed by atoms with van der Waals surface area (Å²) in [7, 11) is 0. The van der Waals surface area contributed by atoms with E-state index in [0.717, 1.165) is 4.47 Å². The molecule has 2 N–H and O–H groups in total. The highest BCUT2D eigenvalue weighted by Gasteiger charge is 2.53. The summed E-state index contributed by atoms with van der Waals surface area (Å²) in [6, 6.07) is 14.9. The Morgan fingerprint density at radius 3 is 2.27 bits per heavy atom. The van der Waals surface area contributed by atoms with Crippen molar-refractivity contribution in [3.05, 3.63) is 64.1 Å². The maximum absolute atomic E-state index is 13.1. The maximum atomic E-state index is 13.1. The average molecular weight is 469 g/mol. The van der Waals surface area contributed by atoms with E-state index in [1.165, 1.54) is 37.7 Å². The number of halogens is 1. The third-order valence-electron chi connectivity index (χ3n) is 6.33. The minimum absolute atomic E-state index is 0.439. The lowest BCUT2D eigenvalue weighted by Crippen LogP contribution is -2.40. The SMILES string of the molecule is CC1(c2ccc(Br)cc2)NC(=O)C(C(=O)Nc2ccc(C3CCCCC3)cc2)C1=O. The fourth-order valence-electron chi connectivity index (χ4n) is 4.51. The molecule has 2 atom stereocenters. The Balaban J connectivity index is 1.47. The summed E-state index contributed by atoms with van der Waals surface area (Å²) >= 11 is 3.36. The van der Waals surface area contributed by atoms with Crippen molar-refractivity contribution < 1.29 is 14.4 Å². The first kappa shape index (κ1) is 20.8. The lowest BCUT2D eigenvalue weighted by Gasteiger charge is -2.23. The second kappa shape index (κ2) is 8.34. The molecule has 1 aliphatic carbocycles. The van der Waals surface area contributed by atoms with Gasteiger partial charge >= 0.3 is 0 Å². The number of nitrogens with one attached hydrogen (secondary N) is 2. The van der Waals surface area contributed by atoms with Crippen LogP contribution in [0.2, 0.25) is 0 Å². The van der Waals surface area contributed by atoms with Crippen LogP contribution in [-0.4, -0.2) is 17.6 Å². The van der Waals surface area contributed by atoms with Gasteiger partial charge in [-0.05, 0) is 61.1 Å². The van der Waals surface area contributed by atoms with E-state index in [1.807, 2.05) is 24.3 Å². The second-order valence-corrected chi connectivity index (χ2v) is 9.28.